The summed E-state index contributed by atoms with van der Waals surface area (Å²) < 4.78 is 0. The van der Waals surface area contributed by atoms with Gasteiger partial charge in [-0.3, -0.25) is 79.8 Å². The van der Waals surface area contributed by atoms with Crippen LogP contribution in [-0.4, -0.2) is 130 Å². The maximum absolute atomic E-state index is 5.47. The number of allylic oxidation sites excluding steroid dienone is 10. The van der Waals surface area contributed by atoms with Crippen molar-refractivity contribution in [3.63, 3.8) is 0 Å². The van der Waals surface area contributed by atoms with Gasteiger partial charge in [0.05, 0.1) is 0 Å². The molecule has 125 heavy (non-hydrogen) atoms. The van der Waals surface area contributed by atoms with Gasteiger partial charge in [0.25, 0.3) is 0 Å². The third-order valence-electron chi connectivity index (χ3n) is 8.89. The molecule has 0 saturated carbocycles. The number of nitrogens with zero attached hydrogens (tertiary/aromatic N) is 20. The van der Waals surface area contributed by atoms with Crippen LogP contribution >= 0.6 is 0 Å². The predicted molar refractivity (Wildman–Crippen MR) is 366 cm³/mol. The first-order valence-corrected chi connectivity index (χ1v) is 24.8. The summed E-state index contributed by atoms with van der Waals surface area (Å²) >= 11 is 0. The van der Waals surface area contributed by atoms with Crippen LogP contribution < -0.4 is 5.32 Å². The molecule has 0 unspecified atom stereocenters. The monoisotopic (exact) mass is 4290 g/mol. The largest absolute Gasteiger partial charge is 0.635 e. The molecular formula is C69H51N21Y35-30. The molecule has 0 saturated heterocycles. The van der Waals surface area contributed by atoms with Crippen molar-refractivity contribution in [2.24, 2.45) is 99.8 Å². The van der Waals surface area contributed by atoms with Gasteiger partial charge in [-0.15, -0.1) is 55.5 Å². The van der Waals surface area contributed by atoms with Crippen LogP contribution in [0.1, 0.15) is 38.5 Å². The summed E-state index contributed by atoms with van der Waals surface area (Å²) in [6, 6.07) is 0. The second-order valence-corrected chi connectivity index (χ2v) is 15.0. The number of nitrogens with one attached hydrogen (secondary N) is 1. The van der Waals surface area contributed by atoms with E-state index in [1.165, 1.54) is 6.20 Å². The molecule has 0 aromatic heterocycles. The van der Waals surface area contributed by atoms with Crippen LogP contribution in [0.3, 0.4) is 0 Å². The van der Waals surface area contributed by atoms with Gasteiger partial charge in [-0.05, 0) is 59.2 Å². The second kappa shape index (κ2) is 192. The number of hydrogen-bond acceptors (Lipinski definition) is 21. The first-order valence-electron chi connectivity index (χ1n) is 24.8. The standard InChI is InChI=1S/3C13H8N4.2C10H7N3.C7H6N2.C3H7N.35Y/c1-9(14-4)10(2)16-8-12-6-7-13(17-12)11(3)15-5;1-5-15-8-12-6-7-13(17-12)9-16-11(3)10(2)14-4;1-4-14-8-11(3)16-10-13-7-6-12(17-13)9-15-5-2;1-4-12-7-9-5-6-10(13-9)8(2)11-3;1-3-11-7-9-5-6-10(13-9)8-12-4-2;1-2-8-6-7-4-3-5-9-7;1-3-4-2;;;;;;;;;;;;;;;;;;;;;;;;;;;;;;;;;;;/h1-5,7H,6H2;2*1-6H,7H2;1-4,6H,5H2;1-5H,6H2;1-3,5H,4H2;4H,1-3H2;;;;;;;;;;;;;;;;;;;;;;;;;;;;;;;;;;;/q3*-6;2*-4;2*-2;;;;;;;;;;;;;;;;;;;;;;;;;;;;;;;;;;;. The molecular weight excluding hydrogens is 4230 g/mol. The first-order chi connectivity index (χ1) is 43.5. The Morgan fingerprint density at radius 2 is 0.536 bits per heavy atom. The fraction of sp³-hybridized carbons (Fsp3) is 0.101. The molecule has 6 heterocycles. The maximum atomic E-state index is 5.47. The normalized spacial score (nSPS) is 10.8. The van der Waals surface area contributed by atoms with Crippen LogP contribution in [0.5, 0.6) is 0 Å². The molecule has 0 fully saturated rings. The smallest absolute Gasteiger partial charge is 0.0216 e. The SMILES string of the molecule is [CH-]=CN=[C-]C(=[CH-])N=[C-]C1=NC([C-]=NC=[CH-])=CC1.[CH-]=CN=[C-]C1=CCC([C-]=NC(=[CH-])C(=[CH-])N=[CH-])=N1.[CH-]=CN=[C-]C1=CCC([C-]=NC=[CH-])=N1.[CH-]=CN=[C-]C1=NC(C(=[CH-])N=[CH-])=CC1.[CH-]=CN=[C-]C1=NC=CC1.[CH-]=NC(=[CH-])C(=[CH-])N=[C-]C1=NC(C(=[CH-])N=[CH-])=CC1.[CH2-]CN[CH2-].[Y].[Y].[Y].[Y].[Y].[Y].[Y].[Y].[Y].[Y].[Y].[Y].[Y].[Y].[Y].[Y].[Y].[Y].[Y].[Y].[Y].[Y].[Y].[Y].[Y].[Y].[Y].[Y].[Y].[Y].[Y].[Y].[Y].[Y].[Y]. The Bertz CT molecular complexity index is 3550. The molecule has 6 rings (SSSR count). The van der Waals surface area contributed by atoms with Crippen LogP contribution in [-0.2, 0) is 1140 Å². The average molecular weight is 4290 g/mol. The van der Waals surface area contributed by atoms with Crippen LogP contribution in [0.4, 0.5) is 0 Å². The number of hydrogen-bond donors (Lipinski definition) is 1. The van der Waals surface area contributed by atoms with Gasteiger partial charge >= 0.3 is 0 Å². The van der Waals surface area contributed by atoms with E-state index >= 15 is 0 Å². The summed E-state index contributed by atoms with van der Waals surface area (Å²) in [5.41, 5.74) is 6.93. The summed E-state index contributed by atoms with van der Waals surface area (Å²) in [5.74, 6) is 0. The fourth-order valence-electron chi connectivity index (χ4n) is 5.00. The molecule has 0 aromatic carbocycles. The summed E-state index contributed by atoms with van der Waals surface area (Å²) in [4.78, 5) is 73.7. The Hall–Kier alpha value is 26.8. The van der Waals surface area contributed by atoms with E-state index in [9.17, 15) is 0 Å². The van der Waals surface area contributed by atoms with Gasteiger partial charge in [-0.1, -0.05) is 55.4 Å². The van der Waals surface area contributed by atoms with Crippen molar-refractivity contribution in [2.45, 2.75) is 38.5 Å². The zero-order chi connectivity index (χ0) is 67.2. The summed E-state index contributed by atoms with van der Waals surface area (Å²) in [6.07, 6.45) is 50.4. The van der Waals surface area contributed by atoms with E-state index in [1.807, 2.05) is 18.2 Å². The molecule has 35 radical (unpaired) electrons. The topological polar surface area (TPSA) is 259 Å². The minimum Gasteiger partial charge on any atom is -0.635 e. The molecule has 6 aliphatic heterocycles. The number of aliphatic imine (C=N–C) groups is 20. The van der Waals surface area contributed by atoms with Gasteiger partial charge in [-0.2, -0.15) is 57.0 Å². The van der Waals surface area contributed by atoms with Gasteiger partial charge in [0.2, 0.25) is 0 Å². The summed E-state index contributed by atoms with van der Waals surface area (Å²) in [6.45, 7) is 97.1. The van der Waals surface area contributed by atoms with Crippen molar-refractivity contribution in [3.8, 4) is 0 Å². The molecule has 6 aliphatic rings. The fourth-order valence-corrected chi connectivity index (χ4v) is 5.00. The third kappa shape index (κ3) is 155. The van der Waals surface area contributed by atoms with Crippen molar-refractivity contribution in [2.75, 3.05) is 6.54 Å². The second-order valence-electron chi connectivity index (χ2n) is 15.0. The van der Waals surface area contributed by atoms with Crippen LogP contribution in [0.15, 0.2) is 254 Å². The van der Waals surface area contributed by atoms with E-state index in [-0.39, 0.29) is 1180 Å². The molecule has 0 spiro atoms. The van der Waals surface area contributed by atoms with Gasteiger partial charge in [0.15, 0.2) is 0 Å². The van der Waals surface area contributed by atoms with Gasteiger partial charge in [0.1, 0.15) is 0 Å². The Kier molecular flexibility index (Phi) is 395. The molecule has 21 nitrogen and oxygen atoms in total. The Labute approximate surface area is 1630 Å². The minimum absolute atomic E-state index is 0. The summed E-state index contributed by atoms with van der Waals surface area (Å²) in [7, 11) is 3.29. The van der Waals surface area contributed by atoms with Crippen molar-refractivity contribution < 1.29 is 1140 Å². The van der Waals surface area contributed by atoms with Crippen molar-refractivity contribution in [1.29, 1.82) is 0 Å². The van der Waals surface area contributed by atoms with Crippen LogP contribution in [0.25, 0.3) is 0 Å². The zero-order valence-electron chi connectivity index (χ0n) is 68.5. The van der Waals surface area contributed by atoms with E-state index in [0.29, 0.717) is 95.7 Å². The van der Waals surface area contributed by atoms with Crippen LogP contribution in [0.2, 0.25) is 0 Å². The van der Waals surface area contributed by atoms with Gasteiger partial charge in [-0.25, -0.2) is 0 Å². The molecule has 1 N–H and O–H groups in total. The molecule has 0 aromatic rings. The average Bonchev–Trinajstić information content (AvgIpc) is 2.10. The molecule has 56 heteroatoms. The van der Waals surface area contributed by atoms with E-state index in [1.54, 1.807) is 24.4 Å². The molecule has 567 valence electrons. The molecule has 0 amide bonds. The predicted octanol–water partition coefficient (Wildman–Crippen LogP) is 9.67. The van der Waals surface area contributed by atoms with E-state index in [4.69, 9.17) is 119 Å². The van der Waals surface area contributed by atoms with E-state index in [2.05, 4.69) is 181 Å². The van der Waals surface area contributed by atoms with Crippen molar-refractivity contribution in [3.05, 3.63) is 260 Å². The summed E-state index contributed by atoms with van der Waals surface area (Å²) in [5, 5.41) is 2.57. The van der Waals surface area contributed by atoms with Crippen LogP contribution in [0, 0.1) is 106 Å². The molecule has 0 bridgehead atoms. The third-order valence-corrected chi connectivity index (χ3v) is 8.89. The minimum atomic E-state index is -0.0766. The Morgan fingerprint density at radius 3 is 0.776 bits per heavy atom. The molecule has 0 atom stereocenters. The molecule has 0 aliphatic carbocycles. The van der Waals surface area contributed by atoms with Crippen molar-refractivity contribution >= 4 is 123 Å². The van der Waals surface area contributed by atoms with E-state index < -0.39 is 0 Å². The Morgan fingerprint density at radius 1 is 0.304 bits per heavy atom. The maximum Gasteiger partial charge on any atom is 0.0216 e. The number of rotatable bonds is 29. The quantitative estimate of drug-likeness (QED) is 0.0428. The Balaban J connectivity index is -0.0000000211. The van der Waals surface area contributed by atoms with Gasteiger partial charge in [0, 0.05) is 1150 Å². The first kappa shape index (κ1) is 257. The van der Waals surface area contributed by atoms with Crippen molar-refractivity contribution in [1.82, 2.24) is 5.32 Å². The van der Waals surface area contributed by atoms with E-state index in [0.717, 1.165) is 49.3 Å². The zero-order valence-corrected chi connectivity index (χ0v) is 168. The van der Waals surface area contributed by atoms with Gasteiger partial charge < -0.3 is 221 Å².